The SMILES string of the molecule is CNC1(CO)CCN(CCN2CCOCC2)C1. The van der Waals surface area contributed by atoms with Gasteiger partial charge in [0, 0.05) is 39.3 Å². The van der Waals surface area contributed by atoms with E-state index in [4.69, 9.17) is 4.74 Å². The van der Waals surface area contributed by atoms with Crippen LogP contribution >= 0.6 is 0 Å². The zero-order chi connectivity index (χ0) is 12.1. The second-order valence-electron chi connectivity index (χ2n) is 5.17. The van der Waals surface area contributed by atoms with E-state index in [-0.39, 0.29) is 12.1 Å². The molecule has 5 nitrogen and oxygen atoms in total. The van der Waals surface area contributed by atoms with Gasteiger partial charge in [0.2, 0.25) is 0 Å². The first-order valence-electron chi connectivity index (χ1n) is 6.60. The van der Waals surface area contributed by atoms with E-state index in [2.05, 4.69) is 15.1 Å². The molecule has 0 aromatic carbocycles. The Bertz CT molecular complexity index is 228. The third-order valence-electron chi connectivity index (χ3n) is 4.10. The summed E-state index contributed by atoms with van der Waals surface area (Å²) < 4.78 is 5.34. The number of hydrogen-bond donors (Lipinski definition) is 2. The highest BCUT2D eigenvalue weighted by molar-refractivity contribution is 4.96. The summed E-state index contributed by atoms with van der Waals surface area (Å²) in [5, 5.41) is 12.7. The summed E-state index contributed by atoms with van der Waals surface area (Å²) in [6.07, 6.45) is 1.04. The molecule has 0 spiro atoms. The molecule has 5 heteroatoms. The van der Waals surface area contributed by atoms with Crippen LogP contribution in [-0.4, -0.2) is 86.6 Å². The van der Waals surface area contributed by atoms with E-state index in [0.717, 1.165) is 58.9 Å². The zero-order valence-corrected chi connectivity index (χ0v) is 10.8. The van der Waals surface area contributed by atoms with E-state index in [9.17, 15) is 5.11 Å². The molecule has 2 heterocycles. The molecule has 2 aliphatic rings. The predicted molar refractivity (Wildman–Crippen MR) is 67.2 cm³/mol. The Balaban J connectivity index is 1.70. The van der Waals surface area contributed by atoms with Gasteiger partial charge in [0.15, 0.2) is 0 Å². The molecular formula is C12H25N3O2. The molecule has 0 saturated carbocycles. The van der Waals surface area contributed by atoms with Gasteiger partial charge in [0.05, 0.1) is 25.4 Å². The van der Waals surface area contributed by atoms with Gasteiger partial charge in [0.1, 0.15) is 0 Å². The van der Waals surface area contributed by atoms with Gasteiger partial charge in [-0.25, -0.2) is 0 Å². The van der Waals surface area contributed by atoms with E-state index < -0.39 is 0 Å². The molecule has 0 amide bonds. The largest absolute Gasteiger partial charge is 0.394 e. The van der Waals surface area contributed by atoms with Gasteiger partial charge in [0.25, 0.3) is 0 Å². The Kier molecular flexibility index (Phi) is 4.76. The number of nitrogens with zero attached hydrogens (tertiary/aromatic N) is 2. The first-order valence-corrected chi connectivity index (χ1v) is 6.60. The van der Waals surface area contributed by atoms with Crippen molar-refractivity contribution in [3.05, 3.63) is 0 Å². The maximum Gasteiger partial charge on any atom is 0.0626 e. The Labute approximate surface area is 104 Å². The molecule has 2 rings (SSSR count). The Morgan fingerprint density at radius 2 is 1.88 bits per heavy atom. The molecule has 17 heavy (non-hydrogen) atoms. The lowest BCUT2D eigenvalue weighted by molar-refractivity contribution is 0.0339. The molecule has 1 unspecified atom stereocenters. The van der Waals surface area contributed by atoms with Crippen LogP contribution in [0.5, 0.6) is 0 Å². The molecule has 0 radical (unpaired) electrons. The van der Waals surface area contributed by atoms with Gasteiger partial charge in [-0.15, -0.1) is 0 Å². The van der Waals surface area contributed by atoms with Crippen molar-refractivity contribution in [1.82, 2.24) is 15.1 Å². The van der Waals surface area contributed by atoms with Gasteiger partial charge in [-0.3, -0.25) is 4.90 Å². The van der Waals surface area contributed by atoms with Crippen molar-refractivity contribution in [2.24, 2.45) is 0 Å². The molecule has 2 aliphatic heterocycles. The van der Waals surface area contributed by atoms with E-state index in [1.807, 2.05) is 7.05 Å². The third-order valence-corrected chi connectivity index (χ3v) is 4.10. The minimum Gasteiger partial charge on any atom is -0.394 e. The number of aliphatic hydroxyl groups is 1. The van der Waals surface area contributed by atoms with Crippen molar-refractivity contribution in [1.29, 1.82) is 0 Å². The maximum absolute atomic E-state index is 9.44. The van der Waals surface area contributed by atoms with E-state index in [1.54, 1.807) is 0 Å². The Hall–Kier alpha value is -0.200. The van der Waals surface area contributed by atoms with Crippen LogP contribution in [-0.2, 0) is 4.74 Å². The van der Waals surface area contributed by atoms with Crippen LogP contribution in [0.4, 0.5) is 0 Å². The van der Waals surface area contributed by atoms with Crippen LogP contribution < -0.4 is 5.32 Å². The molecule has 1 atom stereocenters. The van der Waals surface area contributed by atoms with Crippen LogP contribution in [0.1, 0.15) is 6.42 Å². The van der Waals surface area contributed by atoms with Crippen LogP contribution in [0.2, 0.25) is 0 Å². The smallest absolute Gasteiger partial charge is 0.0626 e. The van der Waals surface area contributed by atoms with Gasteiger partial charge in [-0.2, -0.15) is 0 Å². The quantitative estimate of drug-likeness (QED) is 0.647. The van der Waals surface area contributed by atoms with Crippen LogP contribution in [0.3, 0.4) is 0 Å². The number of likely N-dealkylation sites (N-methyl/N-ethyl adjacent to an activating group) is 1. The summed E-state index contributed by atoms with van der Waals surface area (Å²) in [4.78, 5) is 4.91. The topological polar surface area (TPSA) is 48.0 Å². The average Bonchev–Trinajstić information content (AvgIpc) is 2.82. The molecule has 2 N–H and O–H groups in total. The van der Waals surface area contributed by atoms with Gasteiger partial charge >= 0.3 is 0 Å². The summed E-state index contributed by atoms with van der Waals surface area (Å²) in [5.41, 5.74) is -0.0645. The summed E-state index contributed by atoms with van der Waals surface area (Å²) in [6, 6.07) is 0. The number of hydrogen-bond acceptors (Lipinski definition) is 5. The normalized spacial score (nSPS) is 32.1. The average molecular weight is 243 g/mol. The zero-order valence-electron chi connectivity index (χ0n) is 10.8. The van der Waals surface area contributed by atoms with Crippen LogP contribution in [0.25, 0.3) is 0 Å². The van der Waals surface area contributed by atoms with E-state index in [0.29, 0.717) is 0 Å². The van der Waals surface area contributed by atoms with Crippen molar-refractivity contribution >= 4 is 0 Å². The first-order chi connectivity index (χ1) is 8.28. The molecular weight excluding hydrogens is 218 g/mol. The second kappa shape index (κ2) is 6.11. The van der Waals surface area contributed by atoms with E-state index in [1.165, 1.54) is 0 Å². The number of morpholine rings is 1. The van der Waals surface area contributed by atoms with Crippen molar-refractivity contribution < 1.29 is 9.84 Å². The lowest BCUT2D eigenvalue weighted by atomic mass is 10.0. The number of rotatable bonds is 5. The fraction of sp³-hybridized carbons (Fsp3) is 1.00. The Morgan fingerprint density at radius 3 is 2.47 bits per heavy atom. The highest BCUT2D eigenvalue weighted by Crippen LogP contribution is 2.20. The lowest BCUT2D eigenvalue weighted by Crippen LogP contribution is -2.49. The molecule has 0 aromatic rings. The summed E-state index contributed by atoms with van der Waals surface area (Å²) >= 11 is 0. The van der Waals surface area contributed by atoms with E-state index >= 15 is 0 Å². The van der Waals surface area contributed by atoms with Gasteiger partial charge in [-0.1, -0.05) is 0 Å². The molecule has 100 valence electrons. The Morgan fingerprint density at radius 1 is 1.18 bits per heavy atom. The van der Waals surface area contributed by atoms with Crippen molar-refractivity contribution in [3.8, 4) is 0 Å². The third kappa shape index (κ3) is 3.39. The summed E-state index contributed by atoms with van der Waals surface area (Å²) in [7, 11) is 1.95. The van der Waals surface area contributed by atoms with Crippen LogP contribution in [0.15, 0.2) is 0 Å². The van der Waals surface area contributed by atoms with Crippen molar-refractivity contribution in [2.45, 2.75) is 12.0 Å². The molecule has 2 saturated heterocycles. The molecule has 2 fully saturated rings. The minimum atomic E-state index is -0.0645. The molecule has 0 bridgehead atoms. The fourth-order valence-corrected chi connectivity index (χ4v) is 2.67. The lowest BCUT2D eigenvalue weighted by Gasteiger charge is -2.30. The standard InChI is InChI=1S/C12H25N3O2/c1-13-12(11-16)2-3-15(10-12)5-4-14-6-8-17-9-7-14/h13,16H,2-11H2,1H3. The second-order valence-corrected chi connectivity index (χ2v) is 5.17. The molecule has 0 aromatic heterocycles. The fourth-order valence-electron chi connectivity index (χ4n) is 2.67. The number of aliphatic hydroxyl groups excluding tert-OH is 1. The number of likely N-dealkylation sites (tertiary alicyclic amines) is 1. The molecule has 0 aliphatic carbocycles. The minimum absolute atomic E-state index is 0.0645. The van der Waals surface area contributed by atoms with Crippen molar-refractivity contribution in [3.63, 3.8) is 0 Å². The predicted octanol–water partition coefficient (Wildman–Crippen LogP) is -1.03. The van der Waals surface area contributed by atoms with Gasteiger partial charge in [-0.05, 0) is 13.5 Å². The number of ether oxygens (including phenoxy) is 1. The van der Waals surface area contributed by atoms with Crippen molar-refractivity contribution in [2.75, 3.05) is 66.1 Å². The number of nitrogens with one attached hydrogen (secondary N) is 1. The van der Waals surface area contributed by atoms with Gasteiger partial charge < -0.3 is 20.1 Å². The highest BCUT2D eigenvalue weighted by atomic mass is 16.5. The summed E-state index contributed by atoms with van der Waals surface area (Å²) in [6.45, 7) is 8.37. The maximum atomic E-state index is 9.44. The first kappa shape index (κ1) is 13.2. The van der Waals surface area contributed by atoms with Crippen LogP contribution in [0, 0.1) is 0 Å². The monoisotopic (exact) mass is 243 g/mol. The highest BCUT2D eigenvalue weighted by Gasteiger charge is 2.35. The summed E-state index contributed by atoms with van der Waals surface area (Å²) in [5.74, 6) is 0.